The van der Waals surface area contributed by atoms with Crippen molar-refractivity contribution < 1.29 is 28.0 Å². The predicted molar refractivity (Wildman–Crippen MR) is 109 cm³/mol. The van der Waals surface area contributed by atoms with Gasteiger partial charge < -0.3 is 24.6 Å². The molecule has 0 bridgehead atoms. The number of amides is 2. The number of carbonyl (C=O) groups is 2. The van der Waals surface area contributed by atoms with E-state index in [2.05, 4.69) is 5.16 Å². The van der Waals surface area contributed by atoms with Crippen molar-refractivity contribution in [2.45, 2.75) is 18.4 Å². The fourth-order valence-electron chi connectivity index (χ4n) is 3.69. The zero-order valence-corrected chi connectivity index (χ0v) is 16.8. The fourth-order valence-corrected chi connectivity index (χ4v) is 3.69. The van der Waals surface area contributed by atoms with Crippen LogP contribution in [0.25, 0.3) is 11.0 Å². The quantitative estimate of drug-likeness (QED) is 0.618. The minimum absolute atomic E-state index is 0.0156. The molecule has 1 fully saturated rings. The van der Waals surface area contributed by atoms with Gasteiger partial charge in [0.05, 0.1) is 26.0 Å². The lowest BCUT2D eigenvalue weighted by Gasteiger charge is -2.42. The molecule has 2 aromatic carbocycles. The highest BCUT2D eigenvalue weighted by atomic mass is 19.1. The van der Waals surface area contributed by atoms with Gasteiger partial charge in [0.2, 0.25) is 11.8 Å². The van der Waals surface area contributed by atoms with Gasteiger partial charge in [0, 0.05) is 11.9 Å². The molecule has 8 nitrogen and oxygen atoms in total. The van der Waals surface area contributed by atoms with Gasteiger partial charge in [-0.1, -0.05) is 17.3 Å². The number of aromatic nitrogens is 1. The number of morpholine rings is 1. The number of ether oxygens (including phenoxy) is 2. The average Bonchev–Trinajstić information content (AvgIpc) is 3.16. The van der Waals surface area contributed by atoms with Crippen molar-refractivity contribution in [2.75, 3.05) is 26.3 Å². The summed E-state index contributed by atoms with van der Waals surface area (Å²) in [5.41, 5.74) is 5.51. The first-order valence-electron chi connectivity index (χ1n) is 9.86. The van der Waals surface area contributed by atoms with Crippen LogP contribution in [0, 0.1) is 5.82 Å². The van der Waals surface area contributed by atoms with Crippen molar-refractivity contribution in [3.05, 3.63) is 60.0 Å². The summed E-state index contributed by atoms with van der Waals surface area (Å²) in [7, 11) is 0. The Hall–Kier alpha value is -3.46. The molecule has 1 aliphatic rings. The van der Waals surface area contributed by atoms with Crippen LogP contribution in [0.4, 0.5) is 4.39 Å². The molecule has 162 valence electrons. The van der Waals surface area contributed by atoms with Crippen LogP contribution in [0.2, 0.25) is 0 Å². The van der Waals surface area contributed by atoms with E-state index in [4.69, 9.17) is 19.7 Å². The summed E-state index contributed by atoms with van der Waals surface area (Å²) in [4.78, 5) is 26.3. The Morgan fingerprint density at radius 1 is 1.19 bits per heavy atom. The van der Waals surface area contributed by atoms with E-state index in [0.29, 0.717) is 23.6 Å². The summed E-state index contributed by atoms with van der Waals surface area (Å²) >= 11 is 0. The molecule has 2 heterocycles. The molecule has 0 radical (unpaired) electrons. The number of primary amides is 1. The fraction of sp³-hybridized carbons (Fsp3) is 0.318. The molecule has 1 aromatic heterocycles. The smallest absolute Gasteiger partial charge is 0.228 e. The first-order valence-corrected chi connectivity index (χ1v) is 9.86. The van der Waals surface area contributed by atoms with Gasteiger partial charge in [0.1, 0.15) is 29.5 Å². The lowest BCUT2D eigenvalue weighted by Crippen LogP contribution is -2.58. The van der Waals surface area contributed by atoms with Crippen molar-refractivity contribution in [2.24, 2.45) is 5.73 Å². The van der Waals surface area contributed by atoms with Crippen molar-refractivity contribution in [3.63, 3.8) is 0 Å². The molecule has 4 rings (SSSR count). The second-order valence-electron chi connectivity index (χ2n) is 7.53. The maximum absolute atomic E-state index is 13.1. The third-order valence-corrected chi connectivity index (χ3v) is 5.18. The Morgan fingerprint density at radius 2 is 1.97 bits per heavy atom. The molecule has 2 amide bonds. The third kappa shape index (κ3) is 4.83. The third-order valence-electron chi connectivity index (χ3n) is 5.18. The molecular formula is C22H22FN3O5. The second kappa shape index (κ2) is 8.73. The van der Waals surface area contributed by atoms with Gasteiger partial charge >= 0.3 is 0 Å². The maximum Gasteiger partial charge on any atom is 0.228 e. The SMILES string of the molecule is NC(=O)C[C@]1(COc2ccc(F)cc2)CN(C(=O)Cc2noc3ccccc23)CCO1. The molecule has 1 atom stereocenters. The Morgan fingerprint density at radius 3 is 2.74 bits per heavy atom. The Kier molecular flexibility index (Phi) is 5.85. The summed E-state index contributed by atoms with van der Waals surface area (Å²) < 4.78 is 30.0. The molecule has 0 aliphatic carbocycles. The van der Waals surface area contributed by atoms with Gasteiger partial charge in [-0.05, 0) is 36.4 Å². The zero-order valence-electron chi connectivity index (χ0n) is 16.8. The molecule has 1 saturated heterocycles. The molecule has 0 saturated carbocycles. The van der Waals surface area contributed by atoms with Crippen molar-refractivity contribution in [1.29, 1.82) is 0 Å². The second-order valence-corrected chi connectivity index (χ2v) is 7.53. The average molecular weight is 427 g/mol. The van der Waals surface area contributed by atoms with Crippen LogP contribution in [0.5, 0.6) is 5.75 Å². The highest BCUT2D eigenvalue weighted by Crippen LogP contribution is 2.26. The largest absolute Gasteiger partial charge is 0.490 e. The van der Waals surface area contributed by atoms with Crippen molar-refractivity contribution in [1.82, 2.24) is 10.1 Å². The first kappa shape index (κ1) is 20.8. The van der Waals surface area contributed by atoms with Gasteiger partial charge in [0.25, 0.3) is 0 Å². The zero-order chi connectivity index (χ0) is 21.8. The van der Waals surface area contributed by atoms with E-state index in [-0.39, 0.29) is 44.3 Å². The summed E-state index contributed by atoms with van der Waals surface area (Å²) in [6.45, 7) is 0.709. The van der Waals surface area contributed by atoms with Gasteiger partial charge in [0.15, 0.2) is 5.58 Å². The molecule has 0 spiro atoms. The number of fused-ring (bicyclic) bond motifs is 1. The molecule has 31 heavy (non-hydrogen) atoms. The highest BCUT2D eigenvalue weighted by molar-refractivity contribution is 5.86. The molecule has 9 heteroatoms. The molecular weight excluding hydrogens is 405 g/mol. The number of rotatable bonds is 7. The minimum Gasteiger partial charge on any atom is -0.490 e. The number of hydrogen-bond donors (Lipinski definition) is 1. The summed E-state index contributed by atoms with van der Waals surface area (Å²) in [6, 6.07) is 12.8. The van der Waals surface area contributed by atoms with E-state index in [1.807, 2.05) is 18.2 Å². The van der Waals surface area contributed by atoms with Crippen LogP contribution >= 0.6 is 0 Å². The number of para-hydroxylation sites is 1. The van der Waals surface area contributed by atoms with Crippen LogP contribution in [0.15, 0.2) is 53.1 Å². The summed E-state index contributed by atoms with van der Waals surface area (Å²) in [6.07, 6.45) is -0.0622. The number of benzene rings is 2. The van der Waals surface area contributed by atoms with E-state index < -0.39 is 11.5 Å². The van der Waals surface area contributed by atoms with Crippen LogP contribution in [0.1, 0.15) is 12.1 Å². The van der Waals surface area contributed by atoms with Crippen molar-refractivity contribution >= 4 is 22.8 Å². The lowest BCUT2D eigenvalue weighted by atomic mass is 9.97. The number of nitrogens with zero attached hydrogens (tertiary/aromatic N) is 2. The monoisotopic (exact) mass is 427 g/mol. The highest BCUT2D eigenvalue weighted by Gasteiger charge is 2.41. The van der Waals surface area contributed by atoms with Gasteiger partial charge in [-0.15, -0.1) is 0 Å². The Balaban J connectivity index is 1.47. The van der Waals surface area contributed by atoms with Crippen LogP contribution in [-0.2, 0) is 20.7 Å². The van der Waals surface area contributed by atoms with Gasteiger partial charge in [-0.2, -0.15) is 0 Å². The van der Waals surface area contributed by atoms with Crippen LogP contribution < -0.4 is 10.5 Å². The van der Waals surface area contributed by atoms with Crippen molar-refractivity contribution in [3.8, 4) is 5.75 Å². The molecule has 2 N–H and O–H groups in total. The predicted octanol–water partition coefficient (Wildman–Crippen LogP) is 2.06. The van der Waals surface area contributed by atoms with E-state index in [0.717, 1.165) is 5.39 Å². The molecule has 1 aliphatic heterocycles. The number of hydrogen-bond acceptors (Lipinski definition) is 6. The van der Waals surface area contributed by atoms with E-state index in [9.17, 15) is 14.0 Å². The minimum atomic E-state index is -1.10. The Labute approximate surface area is 177 Å². The van der Waals surface area contributed by atoms with E-state index >= 15 is 0 Å². The molecule has 3 aromatic rings. The standard InChI is InChI=1S/C22H22FN3O5/c23-15-5-7-16(8-6-15)29-14-22(12-20(24)27)13-26(9-10-30-22)21(28)11-18-17-3-1-2-4-19(17)31-25-18/h1-8H,9-14H2,(H2,24,27)/t22-/m1/s1. The van der Waals surface area contributed by atoms with Gasteiger partial charge in [-0.3, -0.25) is 9.59 Å². The number of nitrogens with two attached hydrogens (primary N) is 1. The number of halogens is 1. The van der Waals surface area contributed by atoms with E-state index in [1.165, 1.54) is 24.3 Å². The summed E-state index contributed by atoms with van der Waals surface area (Å²) in [5, 5.41) is 4.80. The first-order chi connectivity index (χ1) is 14.9. The topological polar surface area (TPSA) is 108 Å². The van der Waals surface area contributed by atoms with Crippen LogP contribution in [-0.4, -0.2) is 53.8 Å². The van der Waals surface area contributed by atoms with E-state index in [1.54, 1.807) is 11.0 Å². The normalized spacial score (nSPS) is 18.8. The number of carbonyl (C=O) groups excluding carboxylic acids is 2. The van der Waals surface area contributed by atoms with Gasteiger partial charge in [-0.25, -0.2) is 4.39 Å². The Bertz CT molecular complexity index is 1080. The molecule has 0 unspecified atom stereocenters. The van der Waals surface area contributed by atoms with Crippen LogP contribution in [0.3, 0.4) is 0 Å². The maximum atomic E-state index is 13.1. The lowest BCUT2D eigenvalue weighted by molar-refractivity contribution is -0.161. The summed E-state index contributed by atoms with van der Waals surface area (Å²) in [5.74, 6) is -0.700.